The molecule has 2 unspecified atom stereocenters. The van der Waals surface area contributed by atoms with Crippen LogP contribution in [0.15, 0.2) is 24.3 Å². The molecule has 0 saturated carbocycles. The van der Waals surface area contributed by atoms with Gasteiger partial charge in [-0.2, -0.15) is 0 Å². The van der Waals surface area contributed by atoms with Crippen LogP contribution in [0.25, 0.3) is 0 Å². The zero-order valence-corrected chi connectivity index (χ0v) is 12.8. The van der Waals surface area contributed by atoms with E-state index in [1.165, 1.54) is 0 Å². The molecule has 1 heterocycles. The van der Waals surface area contributed by atoms with Crippen molar-refractivity contribution in [3.05, 3.63) is 29.8 Å². The standard InChI is InChI=1S/C15H20N2O3S/c1-10(20-9-13-6-3-7-19-13)15(18)17-12-5-2-4-11(8-12)14(16)21/h2,4-5,8,10,13H,3,6-7,9H2,1H3,(H2,16,21)(H,17,18). The molecule has 2 rings (SSSR count). The summed E-state index contributed by atoms with van der Waals surface area (Å²) in [6.45, 7) is 2.95. The number of anilines is 1. The van der Waals surface area contributed by atoms with E-state index in [1.807, 2.05) is 0 Å². The summed E-state index contributed by atoms with van der Waals surface area (Å²) in [5, 5.41) is 2.79. The van der Waals surface area contributed by atoms with Crippen molar-refractivity contribution >= 4 is 28.8 Å². The molecule has 0 bridgehead atoms. The van der Waals surface area contributed by atoms with Crippen molar-refractivity contribution in [2.75, 3.05) is 18.5 Å². The molecule has 5 nitrogen and oxygen atoms in total. The minimum Gasteiger partial charge on any atom is -0.389 e. The van der Waals surface area contributed by atoms with Crippen LogP contribution in [-0.4, -0.2) is 36.3 Å². The summed E-state index contributed by atoms with van der Waals surface area (Å²) in [6, 6.07) is 7.12. The highest BCUT2D eigenvalue weighted by Gasteiger charge is 2.20. The molecular formula is C15H20N2O3S. The lowest BCUT2D eigenvalue weighted by Crippen LogP contribution is -2.30. The Kier molecular flexibility index (Phi) is 5.67. The smallest absolute Gasteiger partial charge is 0.253 e. The number of carbonyl (C=O) groups is 1. The molecular weight excluding hydrogens is 288 g/mol. The average Bonchev–Trinajstić information content (AvgIpc) is 2.98. The number of thiocarbonyl (C=S) groups is 1. The zero-order chi connectivity index (χ0) is 15.2. The van der Waals surface area contributed by atoms with Gasteiger partial charge in [-0.25, -0.2) is 0 Å². The van der Waals surface area contributed by atoms with Gasteiger partial charge in [0, 0.05) is 17.9 Å². The lowest BCUT2D eigenvalue weighted by atomic mass is 10.2. The second kappa shape index (κ2) is 7.49. The van der Waals surface area contributed by atoms with E-state index >= 15 is 0 Å². The number of nitrogens with two attached hydrogens (primary N) is 1. The van der Waals surface area contributed by atoms with E-state index in [0.717, 1.165) is 25.0 Å². The Bertz CT molecular complexity index is 515. The first-order chi connectivity index (χ1) is 10.1. The van der Waals surface area contributed by atoms with Crippen molar-refractivity contribution in [2.24, 2.45) is 5.73 Å². The molecule has 1 amide bonds. The fourth-order valence-corrected chi connectivity index (χ4v) is 2.22. The summed E-state index contributed by atoms with van der Waals surface area (Å²) in [7, 11) is 0. The fraction of sp³-hybridized carbons (Fsp3) is 0.467. The highest BCUT2D eigenvalue weighted by Crippen LogP contribution is 2.14. The number of benzene rings is 1. The van der Waals surface area contributed by atoms with Crippen molar-refractivity contribution < 1.29 is 14.3 Å². The van der Waals surface area contributed by atoms with Crippen molar-refractivity contribution in [1.29, 1.82) is 0 Å². The van der Waals surface area contributed by atoms with Gasteiger partial charge in [0.2, 0.25) is 0 Å². The van der Waals surface area contributed by atoms with Gasteiger partial charge in [0.25, 0.3) is 5.91 Å². The summed E-state index contributed by atoms with van der Waals surface area (Å²) in [6.07, 6.45) is 1.62. The number of carbonyl (C=O) groups excluding carboxylic acids is 1. The molecule has 0 aromatic heterocycles. The summed E-state index contributed by atoms with van der Waals surface area (Å²) >= 11 is 4.92. The number of hydrogen-bond donors (Lipinski definition) is 2. The van der Waals surface area contributed by atoms with E-state index in [9.17, 15) is 4.79 Å². The first-order valence-electron chi connectivity index (χ1n) is 7.00. The van der Waals surface area contributed by atoms with Gasteiger partial charge in [0.15, 0.2) is 0 Å². The second-order valence-corrected chi connectivity index (χ2v) is 5.48. The summed E-state index contributed by atoms with van der Waals surface area (Å²) in [4.78, 5) is 12.4. The Morgan fingerprint density at radius 1 is 1.62 bits per heavy atom. The zero-order valence-electron chi connectivity index (χ0n) is 12.0. The van der Waals surface area contributed by atoms with E-state index in [4.69, 9.17) is 27.4 Å². The van der Waals surface area contributed by atoms with Gasteiger partial charge in [-0.1, -0.05) is 24.4 Å². The average molecular weight is 308 g/mol. The van der Waals surface area contributed by atoms with E-state index in [2.05, 4.69) is 5.32 Å². The van der Waals surface area contributed by atoms with Crippen LogP contribution >= 0.6 is 12.2 Å². The van der Waals surface area contributed by atoms with Gasteiger partial charge in [-0.3, -0.25) is 4.79 Å². The van der Waals surface area contributed by atoms with E-state index in [-0.39, 0.29) is 12.0 Å². The Labute approximate surface area is 129 Å². The van der Waals surface area contributed by atoms with Gasteiger partial charge in [0.05, 0.1) is 12.7 Å². The van der Waals surface area contributed by atoms with Crippen LogP contribution < -0.4 is 11.1 Å². The SMILES string of the molecule is CC(OCC1CCCO1)C(=O)Nc1cccc(C(N)=S)c1. The van der Waals surface area contributed by atoms with Crippen LogP contribution in [0.4, 0.5) is 5.69 Å². The third-order valence-electron chi connectivity index (χ3n) is 3.34. The quantitative estimate of drug-likeness (QED) is 0.785. The maximum absolute atomic E-state index is 12.1. The fourth-order valence-electron chi connectivity index (χ4n) is 2.10. The Morgan fingerprint density at radius 2 is 2.43 bits per heavy atom. The Balaban J connectivity index is 1.84. The van der Waals surface area contributed by atoms with Crippen LogP contribution in [0.3, 0.4) is 0 Å². The molecule has 1 saturated heterocycles. The number of rotatable bonds is 6. The minimum atomic E-state index is -0.539. The van der Waals surface area contributed by atoms with E-state index in [0.29, 0.717) is 17.3 Å². The molecule has 6 heteroatoms. The second-order valence-electron chi connectivity index (χ2n) is 5.04. The maximum Gasteiger partial charge on any atom is 0.253 e. The molecule has 0 aliphatic carbocycles. The summed E-state index contributed by atoms with van der Waals surface area (Å²) in [5.74, 6) is -0.201. The molecule has 1 aliphatic rings. The lowest BCUT2D eigenvalue weighted by Gasteiger charge is -2.16. The highest BCUT2D eigenvalue weighted by molar-refractivity contribution is 7.80. The predicted octanol–water partition coefficient (Wildman–Crippen LogP) is 1.84. The van der Waals surface area contributed by atoms with Crippen LogP contribution in [0.2, 0.25) is 0 Å². The summed E-state index contributed by atoms with van der Waals surface area (Å²) in [5.41, 5.74) is 6.94. The number of hydrogen-bond acceptors (Lipinski definition) is 4. The van der Waals surface area contributed by atoms with E-state index < -0.39 is 6.10 Å². The van der Waals surface area contributed by atoms with Gasteiger partial charge < -0.3 is 20.5 Å². The normalized spacial score (nSPS) is 19.2. The highest BCUT2D eigenvalue weighted by atomic mass is 32.1. The molecule has 21 heavy (non-hydrogen) atoms. The molecule has 3 N–H and O–H groups in total. The predicted molar refractivity (Wildman–Crippen MR) is 85.3 cm³/mol. The molecule has 1 aromatic carbocycles. The van der Waals surface area contributed by atoms with Crippen LogP contribution in [0, 0.1) is 0 Å². The lowest BCUT2D eigenvalue weighted by molar-refractivity contribution is -0.128. The molecule has 1 aliphatic heterocycles. The van der Waals surface area contributed by atoms with Crippen LogP contribution in [-0.2, 0) is 14.3 Å². The van der Waals surface area contributed by atoms with Crippen molar-refractivity contribution in [3.63, 3.8) is 0 Å². The molecule has 0 radical (unpaired) electrons. The largest absolute Gasteiger partial charge is 0.389 e. The molecule has 2 atom stereocenters. The van der Waals surface area contributed by atoms with Gasteiger partial charge in [0.1, 0.15) is 11.1 Å². The molecule has 0 spiro atoms. The number of amides is 1. The van der Waals surface area contributed by atoms with Crippen molar-refractivity contribution in [3.8, 4) is 0 Å². The Hall–Kier alpha value is -1.50. The van der Waals surface area contributed by atoms with Gasteiger partial charge in [-0.05, 0) is 31.9 Å². The first-order valence-corrected chi connectivity index (χ1v) is 7.41. The van der Waals surface area contributed by atoms with Crippen molar-refractivity contribution in [2.45, 2.75) is 32.0 Å². The van der Waals surface area contributed by atoms with Gasteiger partial charge >= 0.3 is 0 Å². The first kappa shape index (κ1) is 15.9. The van der Waals surface area contributed by atoms with Crippen LogP contribution in [0.5, 0.6) is 0 Å². The third kappa shape index (κ3) is 4.77. The number of ether oxygens (including phenoxy) is 2. The topological polar surface area (TPSA) is 73.6 Å². The third-order valence-corrected chi connectivity index (χ3v) is 3.58. The van der Waals surface area contributed by atoms with Crippen molar-refractivity contribution in [1.82, 2.24) is 0 Å². The molecule has 1 fully saturated rings. The minimum absolute atomic E-state index is 0.109. The summed E-state index contributed by atoms with van der Waals surface area (Å²) < 4.78 is 11.0. The van der Waals surface area contributed by atoms with Crippen LogP contribution in [0.1, 0.15) is 25.3 Å². The number of nitrogens with one attached hydrogen (secondary N) is 1. The van der Waals surface area contributed by atoms with E-state index in [1.54, 1.807) is 31.2 Å². The monoisotopic (exact) mass is 308 g/mol. The van der Waals surface area contributed by atoms with Gasteiger partial charge in [-0.15, -0.1) is 0 Å². The maximum atomic E-state index is 12.1. The molecule has 114 valence electrons. The molecule has 1 aromatic rings. The Morgan fingerprint density at radius 3 is 3.10 bits per heavy atom.